The third-order valence-electron chi connectivity index (χ3n) is 3.31. The Morgan fingerprint density at radius 3 is 2.56 bits per heavy atom. The molecule has 1 N–H and O–H groups in total. The number of carbonyl (C=O) groups is 1. The molecule has 2 aromatic rings. The Labute approximate surface area is 151 Å². The third kappa shape index (κ3) is 5.99. The van der Waals surface area contributed by atoms with Crippen molar-refractivity contribution in [2.24, 2.45) is 0 Å². The summed E-state index contributed by atoms with van der Waals surface area (Å²) >= 11 is 1.51. The standard InChI is InChI=1S/C19H22O5S/c1-3-23-19(21)14-8-10-16(11-9-14)24-12-15(20)13-25-18-7-5-4-6-17(18)22-2/h4-11,15,20H,3,12-13H2,1-2H3. The number of ether oxygens (including phenoxy) is 3. The van der Waals surface area contributed by atoms with Crippen molar-refractivity contribution in [1.82, 2.24) is 0 Å². The van der Waals surface area contributed by atoms with Crippen LogP contribution in [0.1, 0.15) is 17.3 Å². The van der Waals surface area contributed by atoms with Crippen LogP contribution in [0, 0.1) is 0 Å². The highest BCUT2D eigenvalue weighted by atomic mass is 32.2. The number of carbonyl (C=O) groups excluding carboxylic acids is 1. The minimum Gasteiger partial charge on any atom is -0.496 e. The van der Waals surface area contributed by atoms with Crippen molar-refractivity contribution in [2.45, 2.75) is 17.9 Å². The van der Waals surface area contributed by atoms with E-state index in [1.807, 2.05) is 24.3 Å². The molecule has 0 fully saturated rings. The molecular weight excluding hydrogens is 340 g/mol. The van der Waals surface area contributed by atoms with Gasteiger partial charge in [0.25, 0.3) is 0 Å². The maximum atomic E-state index is 11.6. The second-order valence-corrected chi connectivity index (χ2v) is 6.23. The van der Waals surface area contributed by atoms with Gasteiger partial charge in [-0.25, -0.2) is 4.79 Å². The fourth-order valence-corrected chi connectivity index (χ4v) is 3.00. The van der Waals surface area contributed by atoms with Crippen molar-refractivity contribution in [3.05, 3.63) is 54.1 Å². The molecule has 2 rings (SSSR count). The number of hydrogen-bond donors (Lipinski definition) is 1. The van der Waals surface area contributed by atoms with Crippen LogP contribution in [0.25, 0.3) is 0 Å². The molecule has 0 bridgehead atoms. The summed E-state index contributed by atoms with van der Waals surface area (Å²) in [4.78, 5) is 12.6. The number of benzene rings is 2. The van der Waals surface area contributed by atoms with Crippen molar-refractivity contribution in [2.75, 3.05) is 26.1 Å². The highest BCUT2D eigenvalue weighted by molar-refractivity contribution is 7.99. The molecule has 0 aliphatic heterocycles. The SMILES string of the molecule is CCOC(=O)c1ccc(OCC(O)CSc2ccccc2OC)cc1. The first-order valence-electron chi connectivity index (χ1n) is 7.98. The quantitative estimate of drug-likeness (QED) is 0.545. The average molecular weight is 362 g/mol. The number of hydrogen-bond acceptors (Lipinski definition) is 6. The molecular formula is C19H22O5S. The molecule has 2 aromatic carbocycles. The van der Waals surface area contributed by atoms with Gasteiger partial charge in [-0.3, -0.25) is 0 Å². The maximum absolute atomic E-state index is 11.6. The van der Waals surface area contributed by atoms with Crippen LogP contribution < -0.4 is 9.47 Å². The minimum absolute atomic E-state index is 0.168. The van der Waals surface area contributed by atoms with Crippen LogP contribution in [0.5, 0.6) is 11.5 Å². The molecule has 25 heavy (non-hydrogen) atoms. The molecule has 6 heteroatoms. The van der Waals surface area contributed by atoms with Crippen LogP contribution >= 0.6 is 11.8 Å². The van der Waals surface area contributed by atoms with Gasteiger partial charge in [-0.1, -0.05) is 12.1 Å². The van der Waals surface area contributed by atoms with Gasteiger partial charge >= 0.3 is 5.97 Å². The van der Waals surface area contributed by atoms with E-state index in [2.05, 4.69) is 0 Å². The summed E-state index contributed by atoms with van der Waals surface area (Å²) in [6.07, 6.45) is -0.625. The Morgan fingerprint density at radius 1 is 1.16 bits per heavy atom. The first-order chi connectivity index (χ1) is 12.1. The van der Waals surface area contributed by atoms with E-state index in [1.54, 1.807) is 38.3 Å². The van der Waals surface area contributed by atoms with E-state index in [-0.39, 0.29) is 12.6 Å². The Bertz CT molecular complexity index is 672. The Morgan fingerprint density at radius 2 is 1.88 bits per heavy atom. The molecule has 134 valence electrons. The summed E-state index contributed by atoms with van der Waals surface area (Å²) in [5, 5.41) is 10.1. The fraction of sp³-hybridized carbons (Fsp3) is 0.316. The Kier molecular flexibility index (Phi) is 7.63. The van der Waals surface area contributed by atoms with Gasteiger partial charge in [0.15, 0.2) is 0 Å². The summed E-state index contributed by atoms with van der Waals surface area (Å²) in [6, 6.07) is 14.3. The van der Waals surface area contributed by atoms with Gasteiger partial charge in [0.2, 0.25) is 0 Å². The van der Waals surface area contributed by atoms with Crippen LogP contribution in [-0.4, -0.2) is 43.3 Å². The van der Waals surface area contributed by atoms with Crippen LogP contribution in [0.3, 0.4) is 0 Å². The zero-order valence-electron chi connectivity index (χ0n) is 14.3. The second-order valence-electron chi connectivity index (χ2n) is 5.17. The predicted molar refractivity (Wildman–Crippen MR) is 97.6 cm³/mol. The van der Waals surface area contributed by atoms with Crippen LogP contribution in [-0.2, 0) is 4.74 Å². The molecule has 1 atom stereocenters. The first-order valence-corrected chi connectivity index (χ1v) is 8.96. The second kappa shape index (κ2) is 9.96. The zero-order chi connectivity index (χ0) is 18.1. The van der Waals surface area contributed by atoms with E-state index in [0.29, 0.717) is 23.7 Å². The molecule has 0 aromatic heterocycles. The van der Waals surface area contributed by atoms with Gasteiger partial charge in [-0.15, -0.1) is 11.8 Å². The van der Waals surface area contributed by atoms with Gasteiger partial charge in [0, 0.05) is 10.6 Å². The van der Waals surface area contributed by atoms with Gasteiger partial charge in [0.05, 0.1) is 25.4 Å². The number of thioether (sulfide) groups is 1. The van der Waals surface area contributed by atoms with Crippen LogP contribution in [0.4, 0.5) is 0 Å². The van der Waals surface area contributed by atoms with Crippen molar-refractivity contribution in [3.8, 4) is 11.5 Å². The number of aliphatic hydroxyl groups excluding tert-OH is 1. The Balaban J connectivity index is 1.79. The maximum Gasteiger partial charge on any atom is 0.338 e. The highest BCUT2D eigenvalue weighted by Crippen LogP contribution is 2.29. The Hall–Kier alpha value is -2.18. The number of para-hydroxylation sites is 1. The lowest BCUT2D eigenvalue weighted by molar-refractivity contribution is 0.0526. The minimum atomic E-state index is -0.625. The van der Waals surface area contributed by atoms with Crippen LogP contribution in [0.2, 0.25) is 0 Å². The third-order valence-corrected chi connectivity index (χ3v) is 4.51. The highest BCUT2D eigenvalue weighted by Gasteiger charge is 2.10. The summed E-state index contributed by atoms with van der Waals surface area (Å²) in [5.41, 5.74) is 0.474. The van der Waals surface area contributed by atoms with E-state index in [0.717, 1.165) is 10.6 Å². The van der Waals surface area contributed by atoms with Crippen molar-refractivity contribution in [1.29, 1.82) is 0 Å². The fourth-order valence-electron chi connectivity index (χ4n) is 2.07. The van der Waals surface area contributed by atoms with E-state index < -0.39 is 6.10 Å². The van der Waals surface area contributed by atoms with Crippen molar-refractivity contribution < 1.29 is 24.1 Å². The molecule has 0 saturated carbocycles. The molecule has 0 amide bonds. The van der Waals surface area contributed by atoms with Crippen molar-refractivity contribution >= 4 is 17.7 Å². The molecule has 0 aliphatic carbocycles. The number of esters is 1. The van der Waals surface area contributed by atoms with Crippen LogP contribution in [0.15, 0.2) is 53.4 Å². The van der Waals surface area contributed by atoms with E-state index in [4.69, 9.17) is 14.2 Å². The lowest BCUT2D eigenvalue weighted by atomic mass is 10.2. The summed E-state index contributed by atoms with van der Waals surface area (Å²) in [7, 11) is 1.62. The van der Waals surface area contributed by atoms with Crippen molar-refractivity contribution in [3.63, 3.8) is 0 Å². The average Bonchev–Trinajstić information content (AvgIpc) is 2.65. The lowest BCUT2D eigenvalue weighted by Gasteiger charge is -2.13. The summed E-state index contributed by atoms with van der Waals surface area (Å²) in [6.45, 7) is 2.27. The first kappa shape index (κ1) is 19.1. The molecule has 1 unspecified atom stereocenters. The molecule has 0 spiro atoms. The molecule has 0 radical (unpaired) electrons. The smallest absolute Gasteiger partial charge is 0.338 e. The van der Waals surface area contributed by atoms with E-state index >= 15 is 0 Å². The number of rotatable bonds is 9. The molecule has 0 aliphatic rings. The number of aliphatic hydroxyl groups is 1. The van der Waals surface area contributed by atoms with Gasteiger partial charge in [-0.05, 0) is 43.3 Å². The largest absolute Gasteiger partial charge is 0.496 e. The monoisotopic (exact) mass is 362 g/mol. The van der Waals surface area contributed by atoms with Gasteiger partial charge < -0.3 is 19.3 Å². The summed E-state index contributed by atoms with van der Waals surface area (Å²) in [5.74, 6) is 1.51. The molecule has 0 saturated heterocycles. The topological polar surface area (TPSA) is 65.0 Å². The van der Waals surface area contributed by atoms with Gasteiger partial charge in [-0.2, -0.15) is 0 Å². The normalized spacial score (nSPS) is 11.6. The number of methoxy groups -OCH3 is 1. The summed E-state index contributed by atoms with van der Waals surface area (Å²) < 4.78 is 15.8. The molecule has 5 nitrogen and oxygen atoms in total. The van der Waals surface area contributed by atoms with E-state index in [1.165, 1.54) is 11.8 Å². The predicted octanol–water partition coefficient (Wildman–Crippen LogP) is 3.40. The van der Waals surface area contributed by atoms with Gasteiger partial charge in [0.1, 0.15) is 18.1 Å². The zero-order valence-corrected chi connectivity index (χ0v) is 15.1. The molecule has 0 heterocycles. The lowest BCUT2D eigenvalue weighted by Crippen LogP contribution is -2.20. The van der Waals surface area contributed by atoms with E-state index in [9.17, 15) is 9.90 Å².